The van der Waals surface area contributed by atoms with Crippen LogP contribution in [0.15, 0.2) is 0 Å². The fraction of sp³-hybridized carbons (Fsp3) is 0.667. The second-order valence-electron chi connectivity index (χ2n) is 2.13. The molecular formula is C6H13ClN2O3. The summed E-state index contributed by atoms with van der Waals surface area (Å²) in [5.74, 6) is -0.990. The quantitative estimate of drug-likeness (QED) is 0.574. The lowest BCUT2D eigenvalue weighted by Gasteiger charge is -2.06. The third-order valence-electron chi connectivity index (χ3n) is 1.21. The second kappa shape index (κ2) is 6.87. The summed E-state index contributed by atoms with van der Waals surface area (Å²) in [7, 11) is 1.24. The Morgan fingerprint density at radius 2 is 2.00 bits per heavy atom. The third kappa shape index (κ3) is 5.94. The van der Waals surface area contributed by atoms with Crippen molar-refractivity contribution in [1.82, 2.24) is 0 Å². The van der Waals surface area contributed by atoms with Crippen molar-refractivity contribution in [1.29, 1.82) is 0 Å². The Kier molecular flexibility index (Phi) is 7.88. The standard InChI is InChI=1S/C6H12N2O3.ClH/c1-11-6(10)4(7)2-3-5(8)9;/h4H,2-3,7H2,1H3,(H2,8,9);1H/t4-;/m1./s1. The zero-order valence-corrected chi connectivity index (χ0v) is 7.60. The van der Waals surface area contributed by atoms with E-state index in [1.165, 1.54) is 7.11 Å². The van der Waals surface area contributed by atoms with E-state index >= 15 is 0 Å². The molecule has 0 unspecified atom stereocenters. The molecule has 0 bridgehead atoms. The van der Waals surface area contributed by atoms with Gasteiger partial charge in [-0.15, -0.1) is 12.4 Å². The van der Waals surface area contributed by atoms with Gasteiger partial charge >= 0.3 is 5.97 Å². The average molecular weight is 197 g/mol. The largest absolute Gasteiger partial charge is 0.468 e. The van der Waals surface area contributed by atoms with Crippen molar-refractivity contribution in [3.05, 3.63) is 0 Å². The topological polar surface area (TPSA) is 95.4 Å². The molecule has 0 spiro atoms. The van der Waals surface area contributed by atoms with Crippen LogP contribution in [0.1, 0.15) is 12.8 Å². The number of rotatable bonds is 4. The Morgan fingerprint density at radius 1 is 1.50 bits per heavy atom. The lowest BCUT2D eigenvalue weighted by atomic mass is 10.2. The summed E-state index contributed by atoms with van der Waals surface area (Å²) >= 11 is 0. The molecule has 12 heavy (non-hydrogen) atoms. The number of nitrogens with two attached hydrogens (primary N) is 2. The second-order valence-corrected chi connectivity index (χ2v) is 2.13. The molecule has 0 fully saturated rings. The van der Waals surface area contributed by atoms with E-state index in [-0.39, 0.29) is 25.2 Å². The normalized spacial score (nSPS) is 11.2. The van der Waals surface area contributed by atoms with Gasteiger partial charge in [0.1, 0.15) is 6.04 Å². The highest BCUT2D eigenvalue weighted by molar-refractivity contribution is 5.85. The molecule has 0 radical (unpaired) electrons. The molecule has 0 aromatic rings. The van der Waals surface area contributed by atoms with E-state index in [0.717, 1.165) is 0 Å². The van der Waals surface area contributed by atoms with Crippen LogP contribution in [-0.4, -0.2) is 25.0 Å². The maximum absolute atomic E-state index is 10.6. The van der Waals surface area contributed by atoms with Crippen LogP contribution in [0, 0.1) is 0 Å². The fourth-order valence-electron chi connectivity index (χ4n) is 0.567. The smallest absolute Gasteiger partial charge is 0.322 e. The zero-order valence-electron chi connectivity index (χ0n) is 6.78. The van der Waals surface area contributed by atoms with Gasteiger partial charge in [-0.25, -0.2) is 0 Å². The van der Waals surface area contributed by atoms with Gasteiger partial charge in [0.2, 0.25) is 5.91 Å². The van der Waals surface area contributed by atoms with Crippen molar-refractivity contribution in [2.75, 3.05) is 7.11 Å². The molecule has 0 saturated carbocycles. The van der Waals surface area contributed by atoms with Crippen molar-refractivity contribution in [3.63, 3.8) is 0 Å². The minimum absolute atomic E-state index is 0. The van der Waals surface area contributed by atoms with Gasteiger partial charge in [0.25, 0.3) is 0 Å². The van der Waals surface area contributed by atoms with Gasteiger partial charge in [-0.3, -0.25) is 9.59 Å². The average Bonchev–Trinajstić information content (AvgIpc) is 1.98. The first-order chi connectivity index (χ1) is 5.07. The monoisotopic (exact) mass is 196 g/mol. The number of carbonyl (C=O) groups is 2. The number of esters is 1. The van der Waals surface area contributed by atoms with Crippen LogP contribution in [-0.2, 0) is 14.3 Å². The minimum atomic E-state index is -0.743. The summed E-state index contributed by atoms with van der Waals surface area (Å²) in [6.07, 6.45) is 0.346. The van der Waals surface area contributed by atoms with Gasteiger partial charge in [-0.05, 0) is 6.42 Å². The fourth-order valence-corrected chi connectivity index (χ4v) is 0.567. The van der Waals surface area contributed by atoms with E-state index in [4.69, 9.17) is 11.5 Å². The SMILES string of the molecule is COC(=O)[C@H](N)CCC(N)=O.Cl. The first-order valence-electron chi connectivity index (χ1n) is 3.19. The van der Waals surface area contributed by atoms with E-state index in [9.17, 15) is 9.59 Å². The van der Waals surface area contributed by atoms with Crippen LogP contribution in [0.25, 0.3) is 0 Å². The number of primary amides is 1. The van der Waals surface area contributed by atoms with E-state index in [1.54, 1.807) is 0 Å². The van der Waals surface area contributed by atoms with Gasteiger partial charge < -0.3 is 16.2 Å². The molecule has 0 rings (SSSR count). The molecular weight excluding hydrogens is 184 g/mol. The Labute approximate surface area is 76.8 Å². The zero-order chi connectivity index (χ0) is 8.85. The van der Waals surface area contributed by atoms with E-state index in [1.807, 2.05) is 0 Å². The van der Waals surface area contributed by atoms with Gasteiger partial charge in [0.15, 0.2) is 0 Å². The van der Waals surface area contributed by atoms with Crippen LogP contribution in [0.5, 0.6) is 0 Å². The number of methoxy groups -OCH3 is 1. The molecule has 0 aromatic carbocycles. The van der Waals surface area contributed by atoms with Crippen LogP contribution in [0.4, 0.5) is 0 Å². The molecule has 4 N–H and O–H groups in total. The molecule has 1 amide bonds. The van der Waals surface area contributed by atoms with E-state index in [2.05, 4.69) is 4.74 Å². The van der Waals surface area contributed by atoms with Crippen molar-refractivity contribution in [2.45, 2.75) is 18.9 Å². The Morgan fingerprint density at radius 3 is 2.33 bits per heavy atom. The number of ether oxygens (including phenoxy) is 1. The molecule has 6 heteroatoms. The van der Waals surface area contributed by atoms with Crippen LogP contribution in [0.3, 0.4) is 0 Å². The lowest BCUT2D eigenvalue weighted by molar-refractivity contribution is -0.142. The summed E-state index contributed by atoms with van der Waals surface area (Å²) in [6.45, 7) is 0. The summed E-state index contributed by atoms with van der Waals surface area (Å²) in [4.78, 5) is 20.9. The number of carbonyl (C=O) groups excluding carboxylic acids is 2. The van der Waals surface area contributed by atoms with Crippen LogP contribution >= 0.6 is 12.4 Å². The molecule has 0 aliphatic carbocycles. The van der Waals surface area contributed by atoms with Crippen LogP contribution < -0.4 is 11.5 Å². The summed E-state index contributed by atoms with van der Waals surface area (Å²) in [6, 6.07) is -0.743. The predicted molar refractivity (Wildman–Crippen MR) is 45.7 cm³/mol. The Balaban J connectivity index is 0. The summed E-state index contributed by atoms with van der Waals surface area (Å²) in [5, 5.41) is 0. The maximum Gasteiger partial charge on any atom is 0.322 e. The lowest BCUT2D eigenvalue weighted by Crippen LogP contribution is -2.32. The van der Waals surface area contributed by atoms with Gasteiger partial charge in [0.05, 0.1) is 7.11 Å². The van der Waals surface area contributed by atoms with Crippen LogP contribution in [0.2, 0.25) is 0 Å². The number of amides is 1. The van der Waals surface area contributed by atoms with E-state index < -0.39 is 17.9 Å². The predicted octanol–water partition coefficient (Wildman–Crippen LogP) is -0.826. The van der Waals surface area contributed by atoms with Crippen molar-refractivity contribution in [2.24, 2.45) is 11.5 Å². The molecule has 0 aliphatic rings. The molecule has 0 saturated heterocycles. The first kappa shape index (κ1) is 13.8. The minimum Gasteiger partial charge on any atom is -0.468 e. The van der Waals surface area contributed by atoms with Crippen molar-refractivity contribution < 1.29 is 14.3 Å². The molecule has 72 valence electrons. The number of hydrogen-bond acceptors (Lipinski definition) is 4. The van der Waals surface area contributed by atoms with E-state index in [0.29, 0.717) is 0 Å². The van der Waals surface area contributed by atoms with Gasteiger partial charge in [-0.1, -0.05) is 0 Å². The summed E-state index contributed by atoms with van der Waals surface area (Å²) in [5.41, 5.74) is 10.1. The maximum atomic E-state index is 10.6. The molecule has 0 heterocycles. The van der Waals surface area contributed by atoms with Crippen molar-refractivity contribution in [3.8, 4) is 0 Å². The molecule has 0 aliphatic heterocycles. The molecule has 0 aromatic heterocycles. The molecule has 1 atom stereocenters. The molecule has 5 nitrogen and oxygen atoms in total. The Bertz CT molecular complexity index is 163. The number of halogens is 1. The number of hydrogen-bond donors (Lipinski definition) is 2. The van der Waals surface area contributed by atoms with Gasteiger partial charge in [-0.2, -0.15) is 0 Å². The Hall–Kier alpha value is -0.810. The first-order valence-corrected chi connectivity index (χ1v) is 3.19. The summed E-state index contributed by atoms with van der Waals surface area (Å²) < 4.78 is 4.33. The highest BCUT2D eigenvalue weighted by atomic mass is 35.5. The van der Waals surface area contributed by atoms with Gasteiger partial charge in [0, 0.05) is 6.42 Å². The third-order valence-corrected chi connectivity index (χ3v) is 1.21. The highest BCUT2D eigenvalue weighted by Crippen LogP contribution is 1.94. The van der Waals surface area contributed by atoms with Crippen molar-refractivity contribution >= 4 is 24.3 Å². The highest BCUT2D eigenvalue weighted by Gasteiger charge is 2.13.